The van der Waals surface area contributed by atoms with Crippen LogP contribution in [0.5, 0.6) is 5.75 Å². The summed E-state index contributed by atoms with van der Waals surface area (Å²) >= 11 is 6.61. The summed E-state index contributed by atoms with van der Waals surface area (Å²) in [5.74, 6) is -3.94. The predicted molar refractivity (Wildman–Crippen MR) is 168 cm³/mol. The Morgan fingerprint density at radius 1 is 0.872 bits per heavy atom. The molecule has 1 aliphatic heterocycles. The number of ether oxygens (including phenoxy) is 5. The summed E-state index contributed by atoms with van der Waals surface area (Å²) in [7, 11) is 1.41. The standard InChI is InChI=1S/C36H34ClF3O7/c1-23-31(44-21-25-9-5-3-6-10-25)33(45-22-26-11-7-4-8-12-26)35(43-2,47-32(23)34(41)42)28-15-18-30(37)27(20-28)19-24-13-16-29(17-14-24)46-36(38,39)40/h3-18,20,23,31-33H,19,21-22H2,1-2H3,(H,41,42)/t23-,31-,32-,33+,35-/m0/s1. The number of alkyl halides is 3. The highest BCUT2D eigenvalue weighted by Gasteiger charge is 2.58. The van der Waals surface area contributed by atoms with Gasteiger partial charge in [0, 0.05) is 23.6 Å². The van der Waals surface area contributed by atoms with Gasteiger partial charge in [-0.1, -0.05) is 97.4 Å². The lowest BCUT2D eigenvalue weighted by molar-refractivity contribution is -0.365. The molecule has 1 saturated heterocycles. The van der Waals surface area contributed by atoms with Gasteiger partial charge in [0.25, 0.3) is 0 Å². The van der Waals surface area contributed by atoms with Gasteiger partial charge >= 0.3 is 12.3 Å². The molecule has 4 aromatic rings. The maximum atomic E-state index is 12.7. The highest BCUT2D eigenvalue weighted by atomic mass is 35.5. The zero-order chi connectivity index (χ0) is 33.6. The highest BCUT2D eigenvalue weighted by Crippen LogP contribution is 2.45. The Labute approximate surface area is 275 Å². The van der Waals surface area contributed by atoms with E-state index in [0.29, 0.717) is 21.7 Å². The molecule has 1 heterocycles. The second-order valence-electron chi connectivity index (χ2n) is 11.3. The van der Waals surface area contributed by atoms with Crippen LogP contribution in [0.2, 0.25) is 5.02 Å². The van der Waals surface area contributed by atoms with Crippen molar-refractivity contribution >= 4 is 17.6 Å². The first kappa shape index (κ1) is 34.4. The Balaban J connectivity index is 1.53. The largest absolute Gasteiger partial charge is 0.573 e. The van der Waals surface area contributed by atoms with E-state index < -0.39 is 42.3 Å². The van der Waals surface area contributed by atoms with E-state index in [4.69, 9.17) is 30.5 Å². The van der Waals surface area contributed by atoms with E-state index in [2.05, 4.69) is 4.74 Å². The third kappa shape index (κ3) is 8.33. The number of hydrogen-bond acceptors (Lipinski definition) is 6. The van der Waals surface area contributed by atoms with Gasteiger partial charge < -0.3 is 28.8 Å². The molecule has 47 heavy (non-hydrogen) atoms. The quantitative estimate of drug-likeness (QED) is 0.164. The van der Waals surface area contributed by atoms with Gasteiger partial charge in [0.15, 0.2) is 6.10 Å². The average molecular weight is 671 g/mol. The number of carbonyl (C=O) groups is 1. The summed E-state index contributed by atoms with van der Waals surface area (Å²) in [4.78, 5) is 12.6. The summed E-state index contributed by atoms with van der Waals surface area (Å²) in [6.07, 6.45) is -7.64. The Hall–Kier alpha value is -3.93. The predicted octanol–water partition coefficient (Wildman–Crippen LogP) is 7.92. The van der Waals surface area contributed by atoms with E-state index in [1.807, 2.05) is 60.7 Å². The topological polar surface area (TPSA) is 83.5 Å². The van der Waals surface area contributed by atoms with Crippen LogP contribution in [-0.4, -0.2) is 42.9 Å². The van der Waals surface area contributed by atoms with E-state index in [0.717, 1.165) is 11.1 Å². The van der Waals surface area contributed by atoms with Crippen molar-refractivity contribution in [1.29, 1.82) is 0 Å². The van der Waals surface area contributed by atoms with Crippen LogP contribution in [0.15, 0.2) is 103 Å². The number of aliphatic carboxylic acids is 1. The number of halogens is 4. The molecule has 4 aromatic carbocycles. The van der Waals surface area contributed by atoms with Crippen LogP contribution in [-0.2, 0) is 49.2 Å². The van der Waals surface area contributed by atoms with Crippen molar-refractivity contribution in [2.75, 3.05) is 7.11 Å². The highest BCUT2D eigenvalue weighted by molar-refractivity contribution is 6.31. The monoisotopic (exact) mass is 670 g/mol. The van der Waals surface area contributed by atoms with Gasteiger partial charge in [0.2, 0.25) is 5.79 Å². The van der Waals surface area contributed by atoms with Crippen LogP contribution in [0, 0.1) is 5.92 Å². The Kier molecular flexibility index (Phi) is 10.9. The molecule has 1 aliphatic rings. The van der Waals surface area contributed by atoms with E-state index in [-0.39, 0.29) is 25.4 Å². The van der Waals surface area contributed by atoms with Crippen molar-refractivity contribution in [1.82, 2.24) is 0 Å². The van der Waals surface area contributed by atoms with Crippen LogP contribution in [0.25, 0.3) is 0 Å². The van der Waals surface area contributed by atoms with Crippen molar-refractivity contribution in [2.45, 2.75) is 57.0 Å². The molecule has 11 heteroatoms. The first-order valence-corrected chi connectivity index (χ1v) is 15.3. The van der Waals surface area contributed by atoms with Crippen molar-refractivity contribution < 1.29 is 46.8 Å². The van der Waals surface area contributed by atoms with Crippen LogP contribution in [0.4, 0.5) is 13.2 Å². The molecule has 0 saturated carbocycles. The lowest BCUT2D eigenvalue weighted by atomic mass is 9.82. The van der Waals surface area contributed by atoms with Crippen LogP contribution in [0.1, 0.15) is 34.7 Å². The molecule has 0 aromatic heterocycles. The summed E-state index contributed by atoms with van der Waals surface area (Å²) in [5.41, 5.74) is 3.46. The van der Waals surface area contributed by atoms with Gasteiger partial charge in [-0.05, 0) is 52.9 Å². The van der Waals surface area contributed by atoms with Gasteiger partial charge in [0.05, 0.1) is 19.3 Å². The minimum absolute atomic E-state index is 0.155. The zero-order valence-electron chi connectivity index (χ0n) is 25.7. The molecule has 7 nitrogen and oxygen atoms in total. The molecule has 0 aliphatic carbocycles. The normalized spacial score (nSPS) is 22.9. The van der Waals surface area contributed by atoms with Crippen LogP contribution < -0.4 is 4.74 Å². The maximum Gasteiger partial charge on any atom is 0.573 e. The molecule has 0 radical (unpaired) electrons. The lowest BCUT2D eigenvalue weighted by Crippen LogP contribution is -2.63. The third-order valence-electron chi connectivity index (χ3n) is 8.07. The molecule has 0 spiro atoms. The van der Waals surface area contributed by atoms with Crippen molar-refractivity contribution in [3.8, 4) is 5.75 Å². The van der Waals surface area contributed by atoms with Crippen LogP contribution >= 0.6 is 11.6 Å². The molecule has 1 fully saturated rings. The van der Waals surface area contributed by atoms with Gasteiger partial charge in [-0.2, -0.15) is 0 Å². The summed E-state index contributed by atoms with van der Waals surface area (Å²) in [6.45, 7) is 2.09. The van der Waals surface area contributed by atoms with E-state index in [1.54, 1.807) is 25.1 Å². The molecule has 0 amide bonds. The average Bonchev–Trinajstić information content (AvgIpc) is 3.05. The number of carboxylic acids is 1. The molecule has 5 atom stereocenters. The van der Waals surface area contributed by atoms with Gasteiger partial charge in [0.1, 0.15) is 11.9 Å². The molecule has 248 valence electrons. The lowest BCUT2D eigenvalue weighted by Gasteiger charge is -2.50. The van der Waals surface area contributed by atoms with E-state index in [1.165, 1.54) is 31.4 Å². The zero-order valence-corrected chi connectivity index (χ0v) is 26.4. The number of hydrogen-bond donors (Lipinski definition) is 1. The molecule has 5 rings (SSSR count). The molecular weight excluding hydrogens is 637 g/mol. The first-order chi connectivity index (χ1) is 22.5. The molecule has 1 N–H and O–H groups in total. The number of benzene rings is 4. The fraction of sp³-hybridized carbons (Fsp3) is 0.306. The van der Waals surface area contributed by atoms with Crippen molar-refractivity contribution in [2.24, 2.45) is 5.92 Å². The Morgan fingerprint density at radius 3 is 2.02 bits per heavy atom. The number of methoxy groups -OCH3 is 1. The van der Waals surface area contributed by atoms with E-state index in [9.17, 15) is 23.1 Å². The van der Waals surface area contributed by atoms with Gasteiger partial charge in [-0.3, -0.25) is 0 Å². The Morgan fingerprint density at radius 2 is 1.47 bits per heavy atom. The minimum atomic E-state index is -4.80. The molecule has 0 bridgehead atoms. The van der Waals surface area contributed by atoms with Crippen molar-refractivity contribution in [3.63, 3.8) is 0 Å². The third-order valence-corrected chi connectivity index (χ3v) is 8.44. The number of carboxylic acid groups (broad SMARTS) is 1. The van der Waals surface area contributed by atoms with E-state index >= 15 is 0 Å². The summed E-state index contributed by atoms with van der Waals surface area (Å²) < 4.78 is 67.5. The summed E-state index contributed by atoms with van der Waals surface area (Å²) in [6, 6.07) is 29.5. The molecular formula is C36H34ClF3O7. The molecule has 0 unspecified atom stereocenters. The minimum Gasteiger partial charge on any atom is -0.479 e. The maximum absolute atomic E-state index is 12.7. The van der Waals surface area contributed by atoms with Gasteiger partial charge in [-0.25, -0.2) is 4.79 Å². The second kappa shape index (κ2) is 14.9. The summed E-state index contributed by atoms with van der Waals surface area (Å²) in [5, 5.41) is 10.7. The number of rotatable bonds is 12. The smallest absolute Gasteiger partial charge is 0.479 e. The Bertz CT molecular complexity index is 1620. The van der Waals surface area contributed by atoms with Gasteiger partial charge in [-0.15, -0.1) is 13.2 Å². The fourth-order valence-electron chi connectivity index (χ4n) is 5.74. The fourth-order valence-corrected chi connectivity index (χ4v) is 5.93. The second-order valence-corrected chi connectivity index (χ2v) is 11.7. The van der Waals surface area contributed by atoms with Crippen molar-refractivity contribution in [3.05, 3.63) is 136 Å². The van der Waals surface area contributed by atoms with Crippen LogP contribution in [0.3, 0.4) is 0 Å². The SMILES string of the molecule is CO[C@@]1(c2ccc(Cl)c(Cc3ccc(OC(F)(F)F)cc3)c2)O[C@H](C(=O)O)[C@@H](C)[C@H](OCc2ccccc2)[C@H]1OCc1ccccc1. The first-order valence-electron chi connectivity index (χ1n) is 14.9.